The SMILES string of the molecule is CC1CCCC(NC(=O)NC(C)(C)C)(C(=O)O)C1. The second kappa shape index (κ2) is 5.16. The van der Waals surface area contributed by atoms with E-state index in [0.29, 0.717) is 18.8 Å². The molecule has 0 spiro atoms. The van der Waals surface area contributed by atoms with Crippen molar-refractivity contribution in [1.82, 2.24) is 10.6 Å². The van der Waals surface area contributed by atoms with Gasteiger partial charge in [0, 0.05) is 5.54 Å². The minimum absolute atomic E-state index is 0.324. The summed E-state index contributed by atoms with van der Waals surface area (Å²) >= 11 is 0. The number of aliphatic carboxylic acids is 1. The van der Waals surface area contributed by atoms with Gasteiger partial charge in [-0.1, -0.05) is 19.8 Å². The van der Waals surface area contributed by atoms with E-state index in [4.69, 9.17) is 0 Å². The summed E-state index contributed by atoms with van der Waals surface area (Å²) in [6.45, 7) is 7.62. The van der Waals surface area contributed by atoms with Gasteiger partial charge >= 0.3 is 12.0 Å². The van der Waals surface area contributed by atoms with Gasteiger partial charge in [-0.25, -0.2) is 9.59 Å². The first-order valence-corrected chi connectivity index (χ1v) is 6.48. The molecule has 0 radical (unpaired) electrons. The van der Waals surface area contributed by atoms with E-state index >= 15 is 0 Å². The molecule has 0 bridgehead atoms. The van der Waals surface area contributed by atoms with Crippen LogP contribution in [0.15, 0.2) is 0 Å². The Morgan fingerprint density at radius 1 is 1.33 bits per heavy atom. The Labute approximate surface area is 108 Å². The normalized spacial score (nSPS) is 28.6. The largest absolute Gasteiger partial charge is 0.480 e. The Morgan fingerprint density at radius 3 is 2.39 bits per heavy atom. The third-order valence-corrected chi connectivity index (χ3v) is 3.25. The molecule has 2 unspecified atom stereocenters. The van der Waals surface area contributed by atoms with Gasteiger partial charge in [0.25, 0.3) is 0 Å². The molecule has 2 amide bonds. The maximum absolute atomic E-state index is 11.9. The summed E-state index contributed by atoms with van der Waals surface area (Å²) in [4.78, 5) is 23.3. The standard InChI is InChI=1S/C13H24N2O3/c1-9-6-5-7-13(8-9,10(16)17)15-11(18)14-12(2,3)4/h9H,5-8H2,1-4H3,(H,16,17)(H2,14,15,18). The van der Waals surface area contributed by atoms with Crippen LogP contribution in [0, 0.1) is 5.92 Å². The van der Waals surface area contributed by atoms with Crippen molar-refractivity contribution in [3.8, 4) is 0 Å². The minimum Gasteiger partial charge on any atom is -0.480 e. The Hall–Kier alpha value is -1.26. The number of amides is 2. The van der Waals surface area contributed by atoms with Crippen LogP contribution in [0.5, 0.6) is 0 Å². The van der Waals surface area contributed by atoms with E-state index in [9.17, 15) is 14.7 Å². The van der Waals surface area contributed by atoms with Crippen molar-refractivity contribution in [2.45, 2.75) is 64.5 Å². The smallest absolute Gasteiger partial charge is 0.329 e. The van der Waals surface area contributed by atoms with E-state index in [1.165, 1.54) is 0 Å². The molecule has 1 aliphatic rings. The van der Waals surface area contributed by atoms with E-state index in [1.54, 1.807) is 0 Å². The van der Waals surface area contributed by atoms with Gasteiger partial charge in [-0.15, -0.1) is 0 Å². The molecule has 104 valence electrons. The maximum atomic E-state index is 11.9. The summed E-state index contributed by atoms with van der Waals surface area (Å²) in [6, 6.07) is -0.404. The zero-order valence-corrected chi connectivity index (χ0v) is 11.7. The number of urea groups is 1. The number of hydrogen-bond donors (Lipinski definition) is 3. The molecule has 0 heterocycles. The molecule has 0 aliphatic heterocycles. The molecular formula is C13H24N2O3. The highest BCUT2D eigenvalue weighted by atomic mass is 16.4. The van der Waals surface area contributed by atoms with Gasteiger partial charge in [-0.2, -0.15) is 0 Å². The highest BCUT2D eigenvalue weighted by Crippen LogP contribution is 2.32. The van der Waals surface area contributed by atoms with Crippen molar-refractivity contribution in [2.24, 2.45) is 5.92 Å². The molecule has 0 aromatic heterocycles. The first-order chi connectivity index (χ1) is 8.15. The van der Waals surface area contributed by atoms with Gasteiger partial charge in [0.05, 0.1) is 0 Å². The summed E-state index contributed by atoms with van der Waals surface area (Å²) in [5.41, 5.74) is -1.48. The third-order valence-electron chi connectivity index (χ3n) is 3.25. The van der Waals surface area contributed by atoms with Crippen LogP contribution in [0.25, 0.3) is 0 Å². The number of carbonyl (C=O) groups excluding carboxylic acids is 1. The number of nitrogens with one attached hydrogen (secondary N) is 2. The first kappa shape index (κ1) is 14.8. The summed E-state index contributed by atoms with van der Waals surface area (Å²) in [7, 11) is 0. The number of hydrogen-bond acceptors (Lipinski definition) is 2. The summed E-state index contributed by atoms with van der Waals surface area (Å²) in [5.74, 6) is -0.608. The molecule has 1 aliphatic carbocycles. The zero-order chi connectivity index (χ0) is 14.0. The van der Waals surface area contributed by atoms with Crippen molar-refractivity contribution >= 4 is 12.0 Å². The van der Waals surface area contributed by atoms with E-state index in [1.807, 2.05) is 27.7 Å². The monoisotopic (exact) mass is 256 g/mol. The van der Waals surface area contributed by atoms with Crippen molar-refractivity contribution < 1.29 is 14.7 Å². The fraction of sp³-hybridized carbons (Fsp3) is 0.846. The van der Waals surface area contributed by atoms with Gasteiger partial charge < -0.3 is 15.7 Å². The lowest BCUT2D eigenvalue weighted by molar-refractivity contribution is -0.146. The van der Waals surface area contributed by atoms with Gasteiger partial charge in [-0.05, 0) is 39.5 Å². The van der Waals surface area contributed by atoms with Crippen LogP contribution in [0.1, 0.15) is 53.4 Å². The van der Waals surface area contributed by atoms with Crippen LogP contribution in [0.3, 0.4) is 0 Å². The zero-order valence-electron chi connectivity index (χ0n) is 11.7. The molecule has 18 heavy (non-hydrogen) atoms. The molecule has 1 fully saturated rings. The highest BCUT2D eigenvalue weighted by Gasteiger charge is 2.43. The average molecular weight is 256 g/mol. The van der Waals surface area contributed by atoms with E-state index < -0.39 is 17.5 Å². The summed E-state index contributed by atoms with van der Waals surface area (Å²) < 4.78 is 0. The second-order valence-electron chi connectivity index (χ2n) is 6.42. The minimum atomic E-state index is -1.10. The molecular weight excluding hydrogens is 232 g/mol. The molecule has 0 aromatic carbocycles. The van der Waals surface area contributed by atoms with Crippen LogP contribution in [-0.2, 0) is 4.79 Å². The Bertz CT molecular complexity index is 336. The van der Waals surface area contributed by atoms with Crippen LogP contribution in [0.4, 0.5) is 4.79 Å². The number of carboxylic acids is 1. The van der Waals surface area contributed by atoms with Crippen LogP contribution < -0.4 is 10.6 Å². The number of rotatable bonds is 2. The average Bonchev–Trinajstić information content (AvgIpc) is 2.13. The van der Waals surface area contributed by atoms with Gasteiger partial charge in [0.1, 0.15) is 5.54 Å². The van der Waals surface area contributed by atoms with E-state index in [0.717, 1.165) is 12.8 Å². The molecule has 3 N–H and O–H groups in total. The maximum Gasteiger partial charge on any atom is 0.329 e. The fourth-order valence-corrected chi connectivity index (χ4v) is 2.50. The molecule has 5 heteroatoms. The van der Waals surface area contributed by atoms with E-state index in [-0.39, 0.29) is 5.54 Å². The third kappa shape index (κ3) is 3.89. The fourth-order valence-electron chi connectivity index (χ4n) is 2.50. The van der Waals surface area contributed by atoms with Crippen molar-refractivity contribution in [1.29, 1.82) is 0 Å². The number of carbonyl (C=O) groups is 2. The van der Waals surface area contributed by atoms with Gasteiger partial charge in [-0.3, -0.25) is 0 Å². The van der Waals surface area contributed by atoms with E-state index in [2.05, 4.69) is 10.6 Å². The predicted octanol–water partition coefficient (Wildman–Crippen LogP) is 2.12. The Morgan fingerprint density at radius 2 is 1.94 bits per heavy atom. The quantitative estimate of drug-likeness (QED) is 0.708. The Balaban J connectivity index is 2.74. The van der Waals surface area contributed by atoms with Crippen LogP contribution in [-0.4, -0.2) is 28.2 Å². The van der Waals surface area contributed by atoms with Crippen molar-refractivity contribution in [2.75, 3.05) is 0 Å². The second-order valence-corrected chi connectivity index (χ2v) is 6.42. The van der Waals surface area contributed by atoms with Gasteiger partial charge in [0.2, 0.25) is 0 Å². The molecule has 1 saturated carbocycles. The molecule has 1 rings (SSSR count). The lowest BCUT2D eigenvalue weighted by Gasteiger charge is -2.37. The van der Waals surface area contributed by atoms with Crippen LogP contribution >= 0.6 is 0 Å². The summed E-state index contributed by atoms with van der Waals surface area (Å²) in [6.07, 6.45) is 2.87. The highest BCUT2D eigenvalue weighted by molar-refractivity contribution is 5.86. The van der Waals surface area contributed by atoms with Crippen LogP contribution in [0.2, 0.25) is 0 Å². The Kier molecular flexibility index (Phi) is 4.24. The molecule has 2 atom stereocenters. The van der Waals surface area contributed by atoms with Crippen molar-refractivity contribution in [3.63, 3.8) is 0 Å². The lowest BCUT2D eigenvalue weighted by atomic mass is 9.76. The molecule has 0 aromatic rings. The topological polar surface area (TPSA) is 78.4 Å². The van der Waals surface area contributed by atoms with Crippen molar-refractivity contribution in [3.05, 3.63) is 0 Å². The summed E-state index contributed by atoms with van der Waals surface area (Å²) in [5, 5.41) is 14.8. The first-order valence-electron chi connectivity index (χ1n) is 6.48. The molecule has 0 saturated heterocycles. The number of carboxylic acid groups (broad SMARTS) is 1. The molecule has 5 nitrogen and oxygen atoms in total. The predicted molar refractivity (Wildman–Crippen MR) is 69.4 cm³/mol. The lowest BCUT2D eigenvalue weighted by Crippen LogP contribution is -2.61. The van der Waals surface area contributed by atoms with Gasteiger partial charge in [0.15, 0.2) is 0 Å².